The molecule has 0 heterocycles. The molecule has 108 valence electrons. The Balaban J connectivity index is 0.00000361. The molecule has 0 radical (unpaired) electrons. The van der Waals surface area contributed by atoms with Crippen molar-refractivity contribution in [3.05, 3.63) is 42.3 Å². The molecule has 0 amide bonds. The summed E-state index contributed by atoms with van der Waals surface area (Å²) in [5.74, 6) is 0. The largest absolute Gasteiger partial charge is 1.00 e. The van der Waals surface area contributed by atoms with Gasteiger partial charge in [-0.2, -0.15) is 24.1 Å². The topological polar surface area (TPSA) is 0 Å². The molecule has 0 aromatic heterocycles. The van der Waals surface area contributed by atoms with Gasteiger partial charge < -0.3 is 0 Å². The maximum absolute atomic E-state index is 2.37. The normalized spacial score (nSPS) is 10.1. The molecule has 0 unspecified atom stereocenters. The molecule has 1 aromatic rings. The molecule has 0 fully saturated rings. The van der Waals surface area contributed by atoms with E-state index in [1.54, 1.807) is 0 Å². The van der Waals surface area contributed by atoms with Crippen LogP contribution in [0.5, 0.6) is 0 Å². The van der Waals surface area contributed by atoms with Gasteiger partial charge in [-0.1, -0.05) is 83.6 Å². The summed E-state index contributed by atoms with van der Waals surface area (Å²) in [7, 11) is 0. The fourth-order valence-electron chi connectivity index (χ4n) is 2.49. The fraction of sp³-hybridized carbons (Fsp3) is 0.632. The summed E-state index contributed by atoms with van der Waals surface area (Å²) in [5.41, 5.74) is 1.37. The molecular formula is C19H31Na. The molecular weight excluding hydrogens is 251 g/mol. The molecule has 20 heavy (non-hydrogen) atoms. The van der Waals surface area contributed by atoms with Gasteiger partial charge in [-0.3, -0.25) is 0 Å². The van der Waals surface area contributed by atoms with Crippen molar-refractivity contribution in [1.29, 1.82) is 0 Å². The van der Waals surface area contributed by atoms with Crippen LogP contribution in [0.1, 0.15) is 83.1 Å². The Labute approximate surface area is 149 Å². The standard InChI is InChI=1S/C19H31.Na/c1-2-3-4-5-6-7-8-9-10-11-13-16-19-17-14-12-15-18-19;/h12,14-18H,2-11,13H2,1H3;/q-1;+1. The van der Waals surface area contributed by atoms with Crippen LogP contribution in [0.4, 0.5) is 0 Å². The van der Waals surface area contributed by atoms with Crippen LogP contribution in [-0.2, 0) is 0 Å². The minimum atomic E-state index is 0. The van der Waals surface area contributed by atoms with Gasteiger partial charge in [0.2, 0.25) is 0 Å². The smallest absolute Gasteiger partial charge is 0.192 e. The molecule has 1 rings (SSSR count). The van der Waals surface area contributed by atoms with E-state index in [2.05, 4.69) is 43.7 Å². The average molecular weight is 282 g/mol. The van der Waals surface area contributed by atoms with E-state index in [0.29, 0.717) is 0 Å². The molecule has 0 atom stereocenters. The second-order valence-electron chi connectivity index (χ2n) is 5.59. The van der Waals surface area contributed by atoms with Crippen molar-refractivity contribution in [3.63, 3.8) is 0 Å². The fourth-order valence-corrected chi connectivity index (χ4v) is 2.49. The molecule has 0 N–H and O–H groups in total. The Morgan fingerprint density at radius 3 is 1.75 bits per heavy atom. The second-order valence-corrected chi connectivity index (χ2v) is 5.59. The summed E-state index contributed by atoms with van der Waals surface area (Å²) < 4.78 is 0. The molecule has 0 bridgehead atoms. The third kappa shape index (κ3) is 11.9. The predicted octanol–water partition coefficient (Wildman–Crippen LogP) is 3.55. The molecule has 1 heteroatoms. The van der Waals surface area contributed by atoms with E-state index >= 15 is 0 Å². The molecule has 0 saturated carbocycles. The quantitative estimate of drug-likeness (QED) is 0.312. The Morgan fingerprint density at radius 2 is 1.20 bits per heavy atom. The van der Waals surface area contributed by atoms with Crippen molar-refractivity contribution in [2.24, 2.45) is 0 Å². The van der Waals surface area contributed by atoms with E-state index in [9.17, 15) is 0 Å². The maximum Gasteiger partial charge on any atom is 1.00 e. The van der Waals surface area contributed by atoms with Gasteiger partial charge in [-0.25, -0.2) is 0 Å². The number of hydrogen-bond acceptors (Lipinski definition) is 0. The van der Waals surface area contributed by atoms with Crippen LogP contribution in [-0.4, -0.2) is 0 Å². The van der Waals surface area contributed by atoms with Gasteiger partial charge >= 0.3 is 29.6 Å². The van der Waals surface area contributed by atoms with E-state index < -0.39 is 0 Å². The predicted molar refractivity (Wildman–Crippen MR) is 86.3 cm³/mol. The summed E-state index contributed by atoms with van der Waals surface area (Å²) in [6.45, 7) is 2.28. The van der Waals surface area contributed by atoms with Gasteiger partial charge in [0.15, 0.2) is 0 Å². The first-order valence-corrected chi connectivity index (χ1v) is 8.31. The van der Waals surface area contributed by atoms with Crippen LogP contribution < -0.4 is 29.6 Å². The van der Waals surface area contributed by atoms with Gasteiger partial charge in [0, 0.05) is 0 Å². The van der Waals surface area contributed by atoms with Crippen LogP contribution in [0.2, 0.25) is 0 Å². The maximum atomic E-state index is 2.37. The zero-order valence-corrected chi connectivity index (χ0v) is 15.7. The van der Waals surface area contributed by atoms with E-state index in [1.165, 1.54) is 76.2 Å². The summed E-state index contributed by atoms with van der Waals surface area (Å²) in [4.78, 5) is 0. The molecule has 0 spiro atoms. The number of benzene rings is 1. The second kappa shape index (κ2) is 15.5. The van der Waals surface area contributed by atoms with E-state index in [0.717, 1.165) is 0 Å². The third-order valence-electron chi connectivity index (χ3n) is 3.74. The van der Waals surface area contributed by atoms with Crippen LogP contribution in [0.25, 0.3) is 0 Å². The Bertz CT molecular complexity index is 281. The molecule has 0 nitrogen and oxygen atoms in total. The van der Waals surface area contributed by atoms with E-state index in [1.807, 2.05) is 0 Å². The molecule has 0 aliphatic carbocycles. The Hall–Kier alpha value is 0.0900. The first-order chi connectivity index (χ1) is 9.43. The number of rotatable bonds is 12. The van der Waals surface area contributed by atoms with Gasteiger partial charge in [0.05, 0.1) is 0 Å². The zero-order chi connectivity index (χ0) is 13.6. The van der Waals surface area contributed by atoms with Crippen molar-refractivity contribution in [3.8, 4) is 0 Å². The Morgan fingerprint density at radius 1 is 0.700 bits per heavy atom. The number of unbranched alkanes of at least 4 members (excludes halogenated alkanes) is 10. The van der Waals surface area contributed by atoms with E-state index in [4.69, 9.17) is 0 Å². The summed E-state index contributed by atoms with van der Waals surface area (Å²) in [5, 5.41) is 0. The molecule has 1 aromatic carbocycles. The molecule has 0 saturated heterocycles. The van der Waals surface area contributed by atoms with Crippen molar-refractivity contribution in [2.45, 2.75) is 77.6 Å². The van der Waals surface area contributed by atoms with Gasteiger partial charge in [0.25, 0.3) is 0 Å². The van der Waals surface area contributed by atoms with Gasteiger partial charge in [-0.05, 0) is 0 Å². The van der Waals surface area contributed by atoms with Crippen molar-refractivity contribution >= 4 is 0 Å². The third-order valence-corrected chi connectivity index (χ3v) is 3.74. The van der Waals surface area contributed by atoms with Crippen LogP contribution in [0.15, 0.2) is 30.3 Å². The average Bonchev–Trinajstić information content (AvgIpc) is 2.46. The van der Waals surface area contributed by atoms with Crippen molar-refractivity contribution in [1.82, 2.24) is 0 Å². The molecule has 0 aliphatic heterocycles. The monoisotopic (exact) mass is 282 g/mol. The van der Waals surface area contributed by atoms with Crippen molar-refractivity contribution in [2.75, 3.05) is 0 Å². The van der Waals surface area contributed by atoms with Crippen LogP contribution >= 0.6 is 0 Å². The SMILES string of the molecule is CCCCCCCCCCCC[CH-]c1ccccc1.[Na+]. The van der Waals surface area contributed by atoms with Crippen molar-refractivity contribution < 1.29 is 29.6 Å². The minimum absolute atomic E-state index is 0. The summed E-state index contributed by atoms with van der Waals surface area (Å²) in [6, 6.07) is 10.7. The van der Waals surface area contributed by atoms with Gasteiger partial charge in [-0.15, -0.1) is 12.1 Å². The van der Waals surface area contributed by atoms with Crippen LogP contribution in [0, 0.1) is 6.42 Å². The molecule has 0 aliphatic rings. The Kier molecular flexibility index (Phi) is 15.5. The van der Waals surface area contributed by atoms with Gasteiger partial charge in [0.1, 0.15) is 0 Å². The summed E-state index contributed by atoms with van der Waals surface area (Å²) >= 11 is 0. The van der Waals surface area contributed by atoms with Crippen LogP contribution in [0.3, 0.4) is 0 Å². The minimum Gasteiger partial charge on any atom is -0.192 e. The first kappa shape index (κ1) is 20.1. The first-order valence-electron chi connectivity index (χ1n) is 8.31. The van der Waals surface area contributed by atoms with E-state index in [-0.39, 0.29) is 29.6 Å². The zero-order valence-electron chi connectivity index (χ0n) is 13.7. The number of hydrogen-bond donors (Lipinski definition) is 0. The summed E-state index contributed by atoms with van der Waals surface area (Å²) in [6.07, 6.45) is 17.8.